The molecular formula is C22H29N3O2. The maximum absolute atomic E-state index is 12.9. The molecule has 0 aliphatic rings. The zero-order valence-electron chi connectivity index (χ0n) is 16.6. The highest BCUT2D eigenvalue weighted by atomic mass is 16.2. The van der Waals surface area contributed by atoms with E-state index in [1.165, 1.54) is 0 Å². The van der Waals surface area contributed by atoms with Gasteiger partial charge in [-0.25, -0.2) is 0 Å². The van der Waals surface area contributed by atoms with Crippen molar-refractivity contribution in [3.63, 3.8) is 0 Å². The van der Waals surface area contributed by atoms with E-state index in [0.29, 0.717) is 30.9 Å². The fourth-order valence-electron chi connectivity index (χ4n) is 2.96. The molecule has 5 heteroatoms. The van der Waals surface area contributed by atoms with E-state index in [9.17, 15) is 9.59 Å². The number of rotatable bonds is 8. The van der Waals surface area contributed by atoms with Crippen LogP contribution in [0.15, 0.2) is 48.7 Å². The highest BCUT2D eigenvalue weighted by Gasteiger charge is 2.25. The Morgan fingerprint density at radius 1 is 1.11 bits per heavy atom. The molecule has 5 nitrogen and oxygen atoms in total. The fraction of sp³-hybridized carbons (Fsp3) is 0.409. The summed E-state index contributed by atoms with van der Waals surface area (Å²) in [5.41, 5.74) is 2.45. The molecule has 1 atom stereocenters. The Hall–Kier alpha value is -2.69. The van der Waals surface area contributed by atoms with Crippen LogP contribution in [-0.4, -0.2) is 41.3 Å². The number of hydrogen-bond donors (Lipinski definition) is 1. The molecule has 2 aromatic rings. The summed E-state index contributed by atoms with van der Waals surface area (Å²) in [5, 5.41) is 2.94. The van der Waals surface area contributed by atoms with Crippen molar-refractivity contribution in [2.45, 2.75) is 39.7 Å². The minimum Gasteiger partial charge on any atom is -0.344 e. The van der Waals surface area contributed by atoms with Gasteiger partial charge in [0.2, 0.25) is 5.91 Å². The van der Waals surface area contributed by atoms with Gasteiger partial charge in [0, 0.05) is 37.5 Å². The number of pyridine rings is 1. The van der Waals surface area contributed by atoms with Crippen molar-refractivity contribution in [3.8, 4) is 0 Å². The van der Waals surface area contributed by atoms with Gasteiger partial charge in [0.25, 0.3) is 5.91 Å². The summed E-state index contributed by atoms with van der Waals surface area (Å²) in [4.78, 5) is 31.6. The van der Waals surface area contributed by atoms with Crippen LogP contribution in [0.25, 0.3) is 0 Å². The molecule has 0 aliphatic carbocycles. The molecule has 1 aromatic heterocycles. The number of benzene rings is 1. The lowest BCUT2D eigenvalue weighted by Gasteiger charge is -2.26. The molecule has 1 aromatic carbocycles. The maximum atomic E-state index is 12.9. The summed E-state index contributed by atoms with van der Waals surface area (Å²) in [5.74, 6) is 0.0205. The van der Waals surface area contributed by atoms with Crippen molar-refractivity contribution >= 4 is 11.8 Å². The predicted molar refractivity (Wildman–Crippen MR) is 107 cm³/mol. The molecule has 0 spiro atoms. The molecule has 1 N–H and O–H groups in total. The van der Waals surface area contributed by atoms with Gasteiger partial charge in [0.05, 0.1) is 0 Å². The van der Waals surface area contributed by atoms with Gasteiger partial charge in [0.15, 0.2) is 0 Å². The van der Waals surface area contributed by atoms with Crippen molar-refractivity contribution in [1.29, 1.82) is 0 Å². The number of carbonyl (C=O) groups is 2. The molecule has 144 valence electrons. The molecule has 0 aliphatic heterocycles. The molecular weight excluding hydrogens is 338 g/mol. The predicted octanol–water partition coefficient (Wildman–Crippen LogP) is 3.24. The molecule has 2 amide bonds. The quantitative estimate of drug-likeness (QED) is 0.779. The summed E-state index contributed by atoms with van der Waals surface area (Å²) >= 11 is 0. The number of aryl methyl sites for hydroxylation is 1. The molecule has 27 heavy (non-hydrogen) atoms. The van der Waals surface area contributed by atoms with E-state index in [1.54, 1.807) is 24.2 Å². The second kappa shape index (κ2) is 9.86. The van der Waals surface area contributed by atoms with Crippen molar-refractivity contribution < 1.29 is 9.59 Å². The second-order valence-corrected chi connectivity index (χ2v) is 7.30. The number of nitrogens with zero attached hydrogens (tertiary/aromatic N) is 2. The van der Waals surface area contributed by atoms with Gasteiger partial charge in [-0.05, 0) is 43.0 Å². The zero-order valence-corrected chi connectivity index (χ0v) is 16.6. The van der Waals surface area contributed by atoms with Crippen LogP contribution in [0.2, 0.25) is 0 Å². The van der Waals surface area contributed by atoms with Crippen LogP contribution in [0.3, 0.4) is 0 Å². The smallest absolute Gasteiger partial charge is 0.252 e. The van der Waals surface area contributed by atoms with Crippen LogP contribution in [0, 0.1) is 12.8 Å². The van der Waals surface area contributed by atoms with Gasteiger partial charge < -0.3 is 10.2 Å². The summed E-state index contributed by atoms with van der Waals surface area (Å²) in [7, 11) is 1.78. The minimum atomic E-state index is -0.536. The van der Waals surface area contributed by atoms with Crippen LogP contribution in [0.4, 0.5) is 0 Å². The van der Waals surface area contributed by atoms with Crippen molar-refractivity contribution in [3.05, 3.63) is 65.5 Å². The van der Waals surface area contributed by atoms with Crippen molar-refractivity contribution in [2.24, 2.45) is 5.92 Å². The molecule has 1 unspecified atom stereocenters. The first-order chi connectivity index (χ1) is 12.9. The zero-order chi connectivity index (χ0) is 19.8. The highest BCUT2D eigenvalue weighted by Crippen LogP contribution is 2.12. The summed E-state index contributed by atoms with van der Waals surface area (Å²) in [6.45, 7) is 6.56. The van der Waals surface area contributed by atoms with Gasteiger partial charge in [-0.3, -0.25) is 14.6 Å². The largest absolute Gasteiger partial charge is 0.344 e. The first kappa shape index (κ1) is 20.6. The van der Waals surface area contributed by atoms with E-state index in [0.717, 1.165) is 11.3 Å². The SMILES string of the molecule is Cc1ccccc1C(=O)NC(CC(C)C)C(=O)N(C)CCc1ccccn1. The maximum Gasteiger partial charge on any atom is 0.252 e. The topological polar surface area (TPSA) is 62.3 Å². The molecule has 1 heterocycles. The number of hydrogen-bond acceptors (Lipinski definition) is 3. The first-order valence-corrected chi connectivity index (χ1v) is 9.40. The molecule has 0 saturated heterocycles. The molecule has 2 rings (SSSR count). The Morgan fingerprint density at radius 3 is 2.44 bits per heavy atom. The lowest BCUT2D eigenvalue weighted by molar-refractivity contribution is -0.132. The van der Waals surface area contributed by atoms with E-state index >= 15 is 0 Å². The molecule has 0 saturated carbocycles. The highest BCUT2D eigenvalue weighted by molar-refractivity contribution is 5.98. The van der Waals surface area contributed by atoms with E-state index in [4.69, 9.17) is 0 Å². The van der Waals surface area contributed by atoms with E-state index in [2.05, 4.69) is 10.3 Å². The van der Waals surface area contributed by atoms with Gasteiger partial charge in [-0.15, -0.1) is 0 Å². The summed E-state index contributed by atoms with van der Waals surface area (Å²) in [6.07, 6.45) is 3.04. The molecule has 0 radical (unpaired) electrons. The fourth-order valence-corrected chi connectivity index (χ4v) is 2.96. The molecule has 0 fully saturated rings. The Labute approximate surface area is 161 Å². The lowest BCUT2D eigenvalue weighted by atomic mass is 10.0. The van der Waals surface area contributed by atoms with Crippen molar-refractivity contribution in [1.82, 2.24) is 15.2 Å². The van der Waals surface area contributed by atoms with Gasteiger partial charge in [0.1, 0.15) is 6.04 Å². The Morgan fingerprint density at radius 2 is 1.81 bits per heavy atom. The molecule has 0 bridgehead atoms. The minimum absolute atomic E-state index is 0.0680. The number of carbonyl (C=O) groups excluding carboxylic acids is 2. The second-order valence-electron chi connectivity index (χ2n) is 7.30. The van der Waals surface area contributed by atoms with Crippen LogP contribution < -0.4 is 5.32 Å². The normalized spacial score (nSPS) is 11.9. The van der Waals surface area contributed by atoms with Crippen LogP contribution >= 0.6 is 0 Å². The van der Waals surface area contributed by atoms with Crippen LogP contribution in [0.1, 0.15) is 41.9 Å². The number of aromatic nitrogens is 1. The Bertz CT molecular complexity index is 759. The van der Waals surface area contributed by atoms with Gasteiger partial charge in [-0.1, -0.05) is 38.1 Å². The van der Waals surface area contributed by atoms with E-state index < -0.39 is 6.04 Å². The summed E-state index contributed by atoms with van der Waals surface area (Å²) < 4.78 is 0. The van der Waals surface area contributed by atoms with Gasteiger partial charge >= 0.3 is 0 Å². The van der Waals surface area contributed by atoms with Crippen LogP contribution in [0.5, 0.6) is 0 Å². The average molecular weight is 367 g/mol. The lowest BCUT2D eigenvalue weighted by Crippen LogP contribution is -2.48. The Balaban J connectivity index is 2.04. The first-order valence-electron chi connectivity index (χ1n) is 9.40. The number of nitrogens with one attached hydrogen (secondary N) is 1. The number of amides is 2. The van der Waals surface area contributed by atoms with E-state index in [-0.39, 0.29) is 11.8 Å². The standard InChI is InChI=1S/C22H29N3O2/c1-16(2)15-20(24-21(26)19-11-6-5-9-17(19)3)22(27)25(4)14-12-18-10-7-8-13-23-18/h5-11,13,16,20H,12,14-15H2,1-4H3,(H,24,26). The monoisotopic (exact) mass is 367 g/mol. The van der Waals surface area contributed by atoms with Gasteiger partial charge in [-0.2, -0.15) is 0 Å². The third-order valence-corrected chi connectivity index (χ3v) is 4.51. The average Bonchev–Trinajstić information content (AvgIpc) is 2.65. The Kier molecular flexibility index (Phi) is 7.53. The third kappa shape index (κ3) is 6.20. The number of likely N-dealkylation sites (N-methyl/N-ethyl adjacent to an activating group) is 1. The summed E-state index contributed by atoms with van der Waals surface area (Å²) in [6, 6.07) is 12.6. The van der Waals surface area contributed by atoms with Crippen molar-refractivity contribution in [2.75, 3.05) is 13.6 Å². The van der Waals surface area contributed by atoms with E-state index in [1.807, 2.05) is 57.2 Å². The third-order valence-electron chi connectivity index (χ3n) is 4.51. The van der Waals surface area contributed by atoms with Crippen LogP contribution in [-0.2, 0) is 11.2 Å².